The van der Waals surface area contributed by atoms with Crippen molar-refractivity contribution >= 4 is 129 Å². The van der Waals surface area contributed by atoms with Gasteiger partial charge in [0.15, 0.2) is 0 Å². The summed E-state index contributed by atoms with van der Waals surface area (Å²) in [4.78, 5) is 67.9. The van der Waals surface area contributed by atoms with E-state index < -0.39 is 57.5 Å². The number of hydrogen-bond acceptors (Lipinski definition) is 15. The fourth-order valence-electron chi connectivity index (χ4n) is 5.33. The summed E-state index contributed by atoms with van der Waals surface area (Å²) in [6, 6.07) is 37.3. The lowest BCUT2D eigenvalue weighted by atomic mass is 9.80. The Morgan fingerprint density at radius 1 is 0.554 bits per heavy atom. The lowest BCUT2D eigenvalue weighted by molar-refractivity contribution is 0.0692. The quantitative estimate of drug-likeness (QED) is 0.0527. The number of nitrogens with two attached hydrogens (primary N) is 1. The second-order valence-corrected chi connectivity index (χ2v) is 15.6. The van der Waals surface area contributed by atoms with Gasteiger partial charge in [-0.3, -0.25) is 9.59 Å². The van der Waals surface area contributed by atoms with Crippen molar-refractivity contribution in [3.63, 3.8) is 0 Å². The van der Waals surface area contributed by atoms with Crippen molar-refractivity contribution in [2.24, 2.45) is 0 Å². The topological polar surface area (TPSA) is 298 Å². The van der Waals surface area contributed by atoms with Gasteiger partial charge >= 0.3 is 37.1 Å². The highest BCUT2D eigenvalue weighted by molar-refractivity contribution is 8.26. The van der Waals surface area contributed by atoms with Crippen LogP contribution < -0.4 is 38.9 Å². The van der Waals surface area contributed by atoms with E-state index in [4.69, 9.17) is 60.0 Å². The number of anilines is 2. The SMILES string of the molecule is Nc1cccc(B(O)O)c1.O=C(Cl)c1cc2ccccc2oc1=O.O=C(Nc1cccc(B(O)O)c1)c1cc2ccccc2oc1=O.O=C(O)c1cc2ccccc2oc1=O.O=S(Cl)Cl. The first-order valence-corrected chi connectivity index (χ1v) is 21.3. The molecule has 0 fully saturated rings. The number of rotatable bonds is 6. The third-order valence-electron chi connectivity index (χ3n) is 8.26. The molecule has 0 saturated heterocycles. The van der Waals surface area contributed by atoms with Crippen molar-refractivity contribution in [3.8, 4) is 0 Å². The van der Waals surface area contributed by atoms with E-state index in [1.54, 1.807) is 103 Å². The van der Waals surface area contributed by atoms with E-state index in [0.29, 0.717) is 49.7 Å². The molecule has 17 nitrogen and oxygen atoms in total. The molecule has 8 rings (SSSR count). The molecule has 8 N–H and O–H groups in total. The molecule has 0 unspecified atom stereocenters. The summed E-state index contributed by atoms with van der Waals surface area (Å²) in [6.07, 6.45) is 0. The Morgan fingerprint density at radius 2 is 0.938 bits per heavy atom. The Hall–Kier alpha value is -6.87. The zero-order valence-corrected chi connectivity index (χ0v) is 36.0. The number of nitrogen functional groups attached to an aromatic ring is 1. The van der Waals surface area contributed by atoms with E-state index in [1.807, 2.05) is 0 Å². The van der Waals surface area contributed by atoms with Crippen LogP contribution in [0.1, 0.15) is 31.1 Å². The molecule has 0 aliphatic heterocycles. The first kappa shape index (κ1) is 50.8. The minimum Gasteiger partial charge on any atom is -0.477 e. The number of halogens is 3. The van der Waals surface area contributed by atoms with Gasteiger partial charge in [0.05, 0.1) is 0 Å². The second kappa shape index (κ2) is 24.3. The van der Waals surface area contributed by atoms with Gasteiger partial charge in [0, 0.05) is 48.9 Å². The average Bonchev–Trinajstić information content (AvgIpc) is 3.26. The Bertz CT molecular complexity index is 3080. The van der Waals surface area contributed by atoms with Crippen LogP contribution in [-0.2, 0) is 9.23 Å². The van der Waals surface area contributed by atoms with Crippen molar-refractivity contribution in [2.75, 3.05) is 11.1 Å². The van der Waals surface area contributed by atoms with Gasteiger partial charge < -0.3 is 49.5 Å². The lowest BCUT2D eigenvalue weighted by Gasteiger charge is -2.07. The summed E-state index contributed by atoms with van der Waals surface area (Å²) >= 11 is 5.21. The van der Waals surface area contributed by atoms with Crippen LogP contribution in [0, 0.1) is 0 Å². The highest BCUT2D eigenvalue weighted by Gasteiger charge is 2.17. The number of hydrogen-bond donors (Lipinski definition) is 7. The summed E-state index contributed by atoms with van der Waals surface area (Å²) < 4.78 is 23.9. The molecule has 0 radical (unpaired) electrons. The Morgan fingerprint density at radius 3 is 1.35 bits per heavy atom. The molecule has 0 atom stereocenters. The van der Waals surface area contributed by atoms with Crippen molar-refractivity contribution in [1.29, 1.82) is 0 Å². The van der Waals surface area contributed by atoms with Crippen LogP contribution in [0.2, 0.25) is 0 Å². The van der Waals surface area contributed by atoms with Gasteiger partial charge in [-0.2, -0.15) is 0 Å². The Labute approximate surface area is 382 Å². The fraction of sp³-hybridized carbons (Fsp3) is 0. The standard InChI is InChI=1S/C16H12BNO5.C10H5ClO3.C10H6O4.C6H8BNO2.Cl2OS/c19-15(18-12-6-3-5-11(9-12)17(21)22)13-8-10-4-1-2-7-14(10)23-16(13)20;2*11-9(12)7-5-6-3-1-2-4-8(6)14-10(7)13;8-6-3-1-2-5(4-6)7(9)10;1-4(2)3/h1-9,21-22H,(H,18,19);1-5H;1-5H,(H,11,12);1-4,9-10H,8H2;. The monoisotopic (exact) mass is 962 g/mol. The number of fused-ring (bicyclic) bond motifs is 3. The number of nitrogens with one attached hydrogen (secondary N) is 1. The van der Waals surface area contributed by atoms with Gasteiger partial charge in [-0.1, -0.05) is 78.9 Å². The number of benzene rings is 5. The van der Waals surface area contributed by atoms with Gasteiger partial charge in [0.25, 0.3) is 11.1 Å². The van der Waals surface area contributed by atoms with E-state index in [1.165, 1.54) is 36.4 Å². The predicted octanol–water partition coefficient (Wildman–Crippen LogP) is 4.38. The highest BCUT2D eigenvalue weighted by atomic mass is 36.0. The molecule has 0 aliphatic carbocycles. The van der Waals surface area contributed by atoms with Crippen molar-refractivity contribution in [3.05, 3.63) is 187 Å². The number of para-hydroxylation sites is 3. The van der Waals surface area contributed by atoms with E-state index >= 15 is 0 Å². The van der Waals surface area contributed by atoms with Crippen LogP contribution in [-0.4, -0.2) is 60.8 Å². The molecule has 8 aromatic rings. The molecule has 0 bridgehead atoms. The van der Waals surface area contributed by atoms with Crippen LogP contribution in [0.4, 0.5) is 11.4 Å². The highest BCUT2D eigenvalue weighted by Crippen LogP contribution is 2.16. The summed E-state index contributed by atoms with van der Waals surface area (Å²) in [5, 5.41) is 47.9. The second-order valence-electron chi connectivity index (χ2n) is 12.7. The third-order valence-corrected chi connectivity index (χ3v) is 8.47. The van der Waals surface area contributed by atoms with Crippen molar-refractivity contribution in [1.82, 2.24) is 0 Å². The molecular weight excluding hydrogens is 933 g/mol. The molecule has 5 aromatic carbocycles. The maximum atomic E-state index is 12.3. The molecule has 65 heavy (non-hydrogen) atoms. The average molecular weight is 964 g/mol. The summed E-state index contributed by atoms with van der Waals surface area (Å²) in [6.45, 7) is 0. The van der Waals surface area contributed by atoms with E-state index in [2.05, 4.69) is 26.7 Å². The normalized spacial score (nSPS) is 10.2. The number of carboxylic acid groups (broad SMARTS) is 1. The van der Waals surface area contributed by atoms with E-state index in [-0.39, 0.29) is 22.2 Å². The lowest BCUT2D eigenvalue weighted by Crippen LogP contribution is -2.30. The van der Waals surface area contributed by atoms with Crippen LogP contribution in [0.15, 0.2) is 167 Å². The van der Waals surface area contributed by atoms with Crippen LogP contribution in [0.5, 0.6) is 0 Å². The van der Waals surface area contributed by atoms with Crippen molar-refractivity contribution < 1.29 is 57.0 Å². The van der Waals surface area contributed by atoms with Crippen LogP contribution in [0.3, 0.4) is 0 Å². The largest absolute Gasteiger partial charge is 0.488 e. The maximum absolute atomic E-state index is 12.3. The zero-order valence-electron chi connectivity index (χ0n) is 32.9. The minimum atomic E-state index is -1.67. The molecule has 3 heterocycles. The van der Waals surface area contributed by atoms with Gasteiger partial charge in [0.1, 0.15) is 33.4 Å². The first-order valence-electron chi connectivity index (χ1n) is 18.1. The Kier molecular flexibility index (Phi) is 19.0. The van der Waals surface area contributed by atoms with Gasteiger partial charge in [-0.05, 0) is 83.2 Å². The number of carbonyl (C=O) groups excluding carboxylic acids is 2. The van der Waals surface area contributed by atoms with Crippen molar-refractivity contribution in [2.45, 2.75) is 0 Å². The summed E-state index contributed by atoms with van der Waals surface area (Å²) in [5.41, 5.74) is 5.26. The number of carboxylic acids is 1. The molecule has 1 amide bonds. The molecule has 0 aliphatic rings. The molecule has 23 heteroatoms. The van der Waals surface area contributed by atoms with Gasteiger partial charge in [-0.15, -0.1) is 0 Å². The molecule has 3 aromatic heterocycles. The van der Waals surface area contributed by atoms with Gasteiger partial charge in [0.2, 0.25) is 9.23 Å². The summed E-state index contributed by atoms with van der Waals surface area (Å²) in [5.74, 6) is -1.90. The zero-order chi connectivity index (χ0) is 47.8. The van der Waals surface area contributed by atoms with Gasteiger partial charge in [-0.25, -0.2) is 23.4 Å². The van der Waals surface area contributed by atoms with E-state index in [9.17, 15) is 28.8 Å². The number of aromatic carboxylic acids is 1. The minimum absolute atomic E-state index is 0.126. The predicted molar refractivity (Wildman–Crippen MR) is 249 cm³/mol. The smallest absolute Gasteiger partial charge is 0.477 e. The first-order chi connectivity index (χ1) is 30.8. The summed E-state index contributed by atoms with van der Waals surface area (Å²) in [7, 11) is 4.29. The third kappa shape index (κ3) is 15.4. The maximum Gasteiger partial charge on any atom is 0.488 e. The fourth-order valence-corrected chi connectivity index (χ4v) is 5.46. The number of amides is 1. The molecular formula is C42H31B2Cl3N2O15S. The number of carbonyl (C=O) groups is 3. The molecule has 332 valence electrons. The Balaban J connectivity index is 0.000000192. The van der Waals surface area contributed by atoms with Crippen LogP contribution in [0.25, 0.3) is 32.9 Å². The van der Waals surface area contributed by atoms with E-state index in [0.717, 1.165) is 0 Å². The molecule has 0 spiro atoms. The van der Waals surface area contributed by atoms with Crippen LogP contribution >= 0.6 is 33.0 Å². The molecule has 0 saturated carbocycles.